The molecule has 86 valence electrons. The lowest BCUT2D eigenvalue weighted by Gasteiger charge is -2.21. The van der Waals surface area contributed by atoms with Crippen LogP contribution in [0.1, 0.15) is 34.1 Å². The molecule has 1 atom stereocenters. The van der Waals surface area contributed by atoms with Crippen LogP contribution in [0.15, 0.2) is 0 Å². The minimum Gasteiger partial charge on any atom is -0.385 e. The first-order valence-corrected chi connectivity index (χ1v) is 5.77. The number of nitrogens with one attached hydrogen (secondary N) is 1. The molecule has 0 aliphatic heterocycles. The van der Waals surface area contributed by atoms with E-state index in [9.17, 15) is 0 Å². The van der Waals surface area contributed by atoms with E-state index >= 15 is 0 Å². The summed E-state index contributed by atoms with van der Waals surface area (Å²) in [6, 6.07) is 0. The maximum atomic E-state index is 5.12. The van der Waals surface area contributed by atoms with Gasteiger partial charge in [-0.2, -0.15) is 0 Å². The summed E-state index contributed by atoms with van der Waals surface area (Å²) >= 11 is 0. The molecule has 0 aliphatic rings. The average molecular weight is 201 g/mol. The predicted octanol–water partition coefficient (Wildman–Crippen LogP) is 2.54. The molecule has 0 fully saturated rings. The van der Waals surface area contributed by atoms with Crippen molar-refractivity contribution < 1.29 is 4.74 Å². The van der Waals surface area contributed by atoms with Crippen molar-refractivity contribution in [1.29, 1.82) is 0 Å². The van der Waals surface area contributed by atoms with E-state index in [1.807, 2.05) is 0 Å². The first-order chi connectivity index (χ1) is 6.57. The van der Waals surface area contributed by atoms with Crippen molar-refractivity contribution in [1.82, 2.24) is 5.32 Å². The molecule has 1 unspecified atom stereocenters. The molecule has 0 aliphatic carbocycles. The number of rotatable bonds is 8. The van der Waals surface area contributed by atoms with Crippen LogP contribution in [0.5, 0.6) is 0 Å². The van der Waals surface area contributed by atoms with E-state index < -0.39 is 0 Å². The fraction of sp³-hybridized carbons (Fsp3) is 1.00. The molecule has 0 aromatic heterocycles. The van der Waals surface area contributed by atoms with Crippen molar-refractivity contribution in [2.24, 2.45) is 17.8 Å². The van der Waals surface area contributed by atoms with Gasteiger partial charge in [0, 0.05) is 13.7 Å². The van der Waals surface area contributed by atoms with Crippen LogP contribution >= 0.6 is 0 Å². The highest BCUT2D eigenvalue weighted by molar-refractivity contribution is 4.66. The molecule has 0 bridgehead atoms. The largest absolute Gasteiger partial charge is 0.385 e. The van der Waals surface area contributed by atoms with E-state index in [4.69, 9.17) is 4.74 Å². The summed E-state index contributed by atoms with van der Waals surface area (Å²) in [7, 11) is 1.78. The molecule has 0 aromatic rings. The number of hydrogen-bond acceptors (Lipinski definition) is 2. The Balaban J connectivity index is 3.62. The molecule has 0 heterocycles. The first kappa shape index (κ1) is 13.9. The van der Waals surface area contributed by atoms with Crippen molar-refractivity contribution in [2.75, 3.05) is 26.8 Å². The van der Waals surface area contributed by atoms with Gasteiger partial charge in [-0.15, -0.1) is 0 Å². The highest BCUT2D eigenvalue weighted by Gasteiger charge is 2.12. The van der Waals surface area contributed by atoms with Crippen molar-refractivity contribution in [3.05, 3.63) is 0 Å². The summed E-state index contributed by atoms with van der Waals surface area (Å²) in [5, 5.41) is 3.52. The standard InChI is InChI=1S/C12H27NO/c1-10(2)8-13-9-12(11(3)4)6-7-14-5/h10-13H,6-9H2,1-5H3. The Hall–Kier alpha value is -0.0800. The van der Waals surface area contributed by atoms with E-state index in [1.54, 1.807) is 7.11 Å². The Bertz CT molecular complexity index is 123. The highest BCUT2D eigenvalue weighted by atomic mass is 16.5. The lowest BCUT2D eigenvalue weighted by atomic mass is 9.92. The highest BCUT2D eigenvalue weighted by Crippen LogP contribution is 2.14. The molecule has 0 saturated carbocycles. The molecule has 0 rings (SSSR count). The van der Waals surface area contributed by atoms with Gasteiger partial charge < -0.3 is 10.1 Å². The number of hydrogen-bond donors (Lipinski definition) is 1. The number of ether oxygens (including phenoxy) is 1. The second-order valence-electron chi connectivity index (χ2n) is 4.84. The van der Waals surface area contributed by atoms with Crippen molar-refractivity contribution in [3.63, 3.8) is 0 Å². The first-order valence-electron chi connectivity index (χ1n) is 5.77. The molecular formula is C12H27NO. The summed E-state index contributed by atoms with van der Waals surface area (Å²) in [5.74, 6) is 2.23. The van der Waals surface area contributed by atoms with Crippen LogP contribution in [-0.4, -0.2) is 26.8 Å². The molecule has 0 aromatic carbocycles. The smallest absolute Gasteiger partial charge is 0.0465 e. The van der Waals surface area contributed by atoms with E-state index in [2.05, 4.69) is 33.0 Å². The molecule has 0 radical (unpaired) electrons. The second kappa shape index (κ2) is 8.25. The van der Waals surface area contributed by atoms with E-state index in [0.717, 1.165) is 37.5 Å². The van der Waals surface area contributed by atoms with Crippen LogP contribution in [-0.2, 0) is 4.74 Å². The molecule has 1 N–H and O–H groups in total. The van der Waals surface area contributed by atoms with Gasteiger partial charge in [0.2, 0.25) is 0 Å². The maximum absolute atomic E-state index is 5.12. The summed E-state index contributed by atoms with van der Waals surface area (Å²) in [6.45, 7) is 12.2. The summed E-state index contributed by atoms with van der Waals surface area (Å²) in [4.78, 5) is 0. The molecule has 14 heavy (non-hydrogen) atoms. The van der Waals surface area contributed by atoms with Crippen molar-refractivity contribution in [2.45, 2.75) is 34.1 Å². The molecule has 0 saturated heterocycles. The maximum Gasteiger partial charge on any atom is 0.0465 e. The van der Waals surface area contributed by atoms with Gasteiger partial charge in [-0.25, -0.2) is 0 Å². The Morgan fingerprint density at radius 3 is 2.14 bits per heavy atom. The Labute approximate surface area is 89.4 Å². The zero-order chi connectivity index (χ0) is 11.0. The van der Waals surface area contributed by atoms with Crippen molar-refractivity contribution in [3.8, 4) is 0 Å². The number of methoxy groups -OCH3 is 1. The Morgan fingerprint density at radius 2 is 1.71 bits per heavy atom. The summed E-state index contributed by atoms with van der Waals surface area (Å²) in [5.41, 5.74) is 0. The molecular weight excluding hydrogens is 174 g/mol. The van der Waals surface area contributed by atoms with Gasteiger partial charge in [-0.05, 0) is 37.3 Å². The third-order valence-electron chi connectivity index (χ3n) is 2.59. The third-order valence-corrected chi connectivity index (χ3v) is 2.59. The zero-order valence-electron chi connectivity index (χ0n) is 10.5. The van der Waals surface area contributed by atoms with Crippen LogP contribution in [0.2, 0.25) is 0 Å². The topological polar surface area (TPSA) is 21.3 Å². The van der Waals surface area contributed by atoms with Gasteiger partial charge in [-0.1, -0.05) is 27.7 Å². The quantitative estimate of drug-likeness (QED) is 0.651. The fourth-order valence-electron chi connectivity index (χ4n) is 1.50. The third kappa shape index (κ3) is 7.34. The van der Waals surface area contributed by atoms with Gasteiger partial charge in [0.05, 0.1) is 0 Å². The van der Waals surface area contributed by atoms with Crippen LogP contribution in [0.4, 0.5) is 0 Å². The van der Waals surface area contributed by atoms with Gasteiger partial charge in [0.15, 0.2) is 0 Å². The van der Waals surface area contributed by atoms with Crippen LogP contribution in [0, 0.1) is 17.8 Å². The average Bonchev–Trinajstić information content (AvgIpc) is 2.09. The minimum atomic E-state index is 0.741. The van der Waals surface area contributed by atoms with Gasteiger partial charge in [0.25, 0.3) is 0 Å². The van der Waals surface area contributed by atoms with Crippen molar-refractivity contribution >= 4 is 0 Å². The van der Waals surface area contributed by atoms with Gasteiger partial charge in [-0.3, -0.25) is 0 Å². The van der Waals surface area contributed by atoms with Gasteiger partial charge in [0.1, 0.15) is 0 Å². The Kier molecular flexibility index (Phi) is 8.20. The van der Waals surface area contributed by atoms with Crippen LogP contribution in [0.25, 0.3) is 0 Å². The summed E-state index contributed by atoms with van der Waals surface area (Å²) in [6.07, 6.45) is 1.17. The SMILES string of the molecule is COCCC(CNCC(C)C)C(C)C. The molecule has 2 heteroatoms. The normalized spacial score (nSPS) is 13.9. The van der Waals surface area contributed by atoms with Gasteiger partial charge >= 0.3 is 0 Å². The Morgan fingerprint density at radius 1 is 1.07 bits per heavy atom. The van der Waals surface area contributed by atoms with E-state index in [0.29, 0.717) is 0 Å². The zero-order valence-corrected chi connectivity index (χ0v) is 10.5. The predicted molar refractivity (Wildman–Crippen MR) is 62.5 cm³/mol. The summed E-state index contributed by atoms with van der Waals surface area (Å²) < 4.78 is 5.12. The van der Waals surface area contributed by atoms with E-state index in [-0.39, 0.29) is 0 Å². The monoisotopic (exact) mass is 201 g/mol. The lowest BCUT2D eigenvalue weighted by molar-refractivity contribution is 0.164. The second-order valence-corrected chi connectivity index (χ2v) is 4.84. The van der Waals surface area contributed by atoms with Crippen LogP contribution in [0.3, 0.4) is 0 Å². The lowest BCUT2D eigenvalue weighted by Crippen LogP contribution is -2.29. The fourth-order valence-corrected chi connectivity index (χ4v) is 1.50. The molecule has 2 nitrogen and oxygen atoms in total. The van der Waals surface area contributed by atoms with Crippen LogP contribution < -0.4 is 5.32 Å². The van der Waals surface area contributed by atoms with E-state index in [1.165, 1.54) is 6.42 Å². The molecule has 0 spiro atoms. The molecule has 0 amide bonds. The minimum absolute atomic E-state index is 0.741.